The van der Waals surface area contributed by atoms with Gasteiger partial charge in [0.25, 0.3) is 0 Å². The highest BCUT2D eigenvalue weighted by Gasteiger charge is 2.16. The number of piperidine rings is 1. The van der Waals surface area contributed by atoms with Gasteiger partial charge in [-0.1, -0.05) is 11.6 Å². The van der Waals surface area contributed by atoms with E-state index in [2.05, 4.69) is 15.0 Å². The van der Waals surface area contributed by atoms with Gasteiger partial charge in [0.1, 0.15) is 0 Å². The van der Waals surface area contributed by atoms with Gasteiger partial charge in [0, 0.05) is 19.5 Å². The summed E-state index contributed by atoms with van der Waals surface area (Å²) in [6, 6.07) is 0.444. The second-order valence-electron chi connectivity index (χ2n) is 3.77. The molecule has 0 saturated carbocycles. The van der Waals surface area contributed by atoms with Crippen molar-refractivity contribution in [1.29, 1.82) is 0 Å². The van der Waals surface area contributed by atoms with Crippen LogP contribution in [0.4, 0.5) is 0 Å². The average molecular weight is 197 g/mol. The number of aromatic nitrogens is 2. The standard InChI is InChI=1S/C9H15N3O2/c1-12-8(11-14-9(12)13)6-7-4-2-3-5-10-7/h7,10H,2-6H2,1H3. The number of rotatable bonds is 2. The number of hydrogen-bond donors (Lipinski definition) is 1. The SMILES string of the molecule is Cn1c(CC2CCCCN2)noc1=O. The lowest BCUT2D eigenvalue weighted by Gasteiger charge is -2.22. The summed E-state index contributed by atoms with van der Waals surface area (Å²) >= 11 is 0. The van der Waals surface area contributed by atoms with Gasteiger partial charge >= 0.3 is 5.76 Å². The Morgan fingerprint density at radius 2 is 2.50 bits per heavy atom. The molecule has 0 aliphatic carbocycles. The lowest BCUT2D eigenvalue weighted by molar-refractivity contribution is 0.364. The maximum Gasteiger partial charge on any atom is 0.441 e. The molecule has 5 heteroatoms. The molecule has 5 nitrogen and oxygen atoms in total. The van der Waals surface area contributed by atoms with E-state index in [0.29, 0.717) is 6.04 Å². The van der Waals surface area contributed by atoms with Crippen LogP contribution < -0.4 is 11.1 Å². The van der Waals surface area contributed by atoms with Crippen LogP contribution in [-0.4, -0.2) is 22.3 Å². The molecule has 78 valence electrons. The highest BCUT2D eigenvalue weighted by molar-refractivity contribution is 4.89. The van der Waals surface area contributed by atoms with Crippen LogP contribution in [0, 0.1) is 0 Å². The zero-order valence-electron chi connectivity index (χ0n) is 8.32. The van der Waals surface area contributed by atoms with Crippen molar-refractivity contribution in [1.82, 2.24) is 15.0 Å². The van der Waals surface area contributed by atoms with E-state index in [-0.39, 0.29) is 5.76 Å². The molecule has 0 spiro atoms. The van der Waals surface area contributed by atoms with Gasteiger partial charge in [-0.15, -0.1) is 0 Å². The molecule has 1 unspecified atom stereocenters. The molecule has 14 heavy (non-hydrogen) atoms. The van der Waals surface area contributed by atoms with Gasteiger partial charge in [-0.05, 0) is 19.4 Å². The number of nitrogens with zero attached hydrogens (tertiary/aromatic N) is 2. The van der Waals surface area contributed by atoms with Crippen molar-refractivity contribution in [2.24, 2.45) is 7.05 Å². The zero-order chi connectivity index (χ0) is 9.97. The quantitative estimate of drug-likeness (QED) is 0.728. The van der Waals surface area contributed by atoms with Gasteiger partial charge in [-0.25, -0.2) is 4.79 Å². The first-order valence-electron chi connectivity index (χ1n) is 5.02. The van der Waals surface area contributed by atoms with Crippen molar-refractivity contribution < 1.29 is 4.52 Å². The molecule has 1 fully saturated rings. The van der Waals surface area contributed by atoms with Gasteiger partial charge in [0.2, 0.25) is 0 Å². The Bertz CT molecular complexity index is 349. The monoisotopic (exact) mass is 197 g/mol. The van der Waals surface area contributed by atoms with Gasteiger partial charge in [0.15, 0.2) is 5.82 Å². The van der Waals surface area contributed by atoms with Crippen molar-refractivity contribution in [3.05, 3.63) is 16.4 Å². The van der Waals surface area contributed by atoms with Crippen LogP contribution >= 0.6 is 0 Å². The minimum absolute atomic E-state index is 0.379. The van der Waals surface area contributed by atoms with E-state index in [9.17, 15) is 4.79 Å². The Kier molecular flexibility index (Phi) is 2.67. The van der Waals surface area contributed by atoms with Crippen molar-refractivity contribution in [3.63, 3.8) is 0 Å². The second-order valence-corrected chi connectivity index (χ2v) is 3.77. The summed E-state index contributed by atoms with van der Waals surface area (Å²) in [6.07, 6.45) is 4.43. The van der Waals surface area contributed by atoms with E-state index >= 15 is 0 Å². The van der Waals surface area contributed by atoms with E-state index in [1.807, 2.05) is 0 Å². The van der Waals surface area contributed by atoms with Crippen molar-refractivity contribution in [2.75, 3.05) is 6.54 Å². The Labute approximate surface area is 82.1 Å². The maximum atomic E-state index is 11.0. The fourth-order valence-corrected chi connectivity index (χ4v) is 1.81. The highest BCUT2D eigenvalue weighted by atomic mass is 16.5. The molecule has 1 aromatic heterocycles. The van der Waals surface area contributed by atoms with Crippen LogP contribution in [-0.2, 0) is 13.5 Å². The molecule has 0 aromatic carbocycles. The molecule has 0 radical (unpaired) electrons. The average Bonchev–Trinajstić information content (AvgIpc) is 2.52. The molecule has 1 saturated heterocycles. The van der Waals surface area contributed by atoms with E-state index in [0.717, 1.165) is 25.2 Å². The molecule has 1 atom stereocenters. The molecule has 1 aliphatic rings. The third-order valence-electron chi connectivity index (χ3n) is 2.73. The Morgan fingerprint density at radius 3 is 3.07 bits per heavy atom. The smallest absolute Gasteiger partial charge is 0.314 e. The van der Waals surface area contributed by atoms with Crippen molar-refractivity contribution >= 4 is 0 Å². The fourth-order valence-electron chi connectivity index (χ4n) is 1.81. The summed E-state index contributed by atoms with van der Waals surface area (Å²) in [7, 11) is 1.69. The first kappa shape index (κ1) is 9.45. The lowest BCUT2D eigenvalue weighted by atomic mass is 10.0. The summed E-state index contributed by atoms with van der Waals surface area (Å²) in [6.45, 7) is 1.07. The summed E-state index contributed by atoms with van der Waals surface area (Å²) in [5.74, 6) is 0.352. The van der Waals surface area contributed by atoms with E-state index in [1.165, 1.54) is 17.4 Å². The molecule has 0 bridgehead atoms. The van der Waals surface area contributed by atoms with E-state index in [1.54, 1.807) is 7.05 Å². The van der Waals surface area contributed by atoms with Crippen LogP contribution in [0.5, 0.6) is 0 Å². The van der Waals surface area contributed by atoms with Crippen LogP contribution in [0.3, 0.4) is 0 Å². The van der Waals surface area contributed by atoms with Crippen LogP contribution in [0.2, 0.25) is 0 Å². The van der Waals surface area contributed by atoms with Crippen LogP contribution in [0.1, 0.15) is 25.1 Å². The summed E-state index contributed by atoms with van der Waals surface area (Å²) in [5, 5.41) is 7.15. The highest BCUT2D eigenvalue weighted by Crippen LogP contribution is 2.10. The minimum Gasteiger partial charge on any atom is -0.314 e. The van der Waals surface area contributed by atoms with Gasteiger partial charge < -0.3 is 5.32 Å². The fraction of sp³-hybridized carbons (Fsp3) is 0.778. The van der Waals surface area contributed by atoms with E-state index < -0.39 is 0 Å². The Morgan fingerprint density at radius 1 is 1.64 bits per heavy atom. The summed E-state index contributed by atoms with van der Waals surface area (Å²) in [4.78, 5) is 11.0. The van der Waals surface area contributed by atoms with Crippen LogP contribution in [0.25, 0.3) is 0 Å². The molecule has 1 N–H and O–H groups in total. The first-order valence-corrected chi connectivity index (χ1v) is 5.02. The molecular weight excluding hydrogens is 182 g/mol. The number of hydrogen-bond acceptors (Lipinski definition) is 4. The van der Waals surface area contributed by atoms with Crippen molar-refractivity contribution in [2.45, 2.75) is 31.7 Å². The van der Waals surface area contributed by atoms with Crippen molar-refractivity contribution in [3.8, 4) is 0 Å². The third-order valence-corrected chi connectivity index (χ3v) is 2.73. The van der Waals surface area contributed by atoms with Gasteiger partial charge in [-0.2, -0.15) is 0 Å². The topological polar surface area (TPSA) is 60.1 Å². The van der Waals surface area contributed by atoms with E-state index in [4.69, 9.17) is 0 Å². The van der Waals surface area contributed by atoms with Crippen LogP contribution in [0.15, 0.2) is 9.32 Å². The first-order chi connectivity index (χ1) is 6.77. The molecule has 2 heterocycles. The lowest BCUT2D eigenvalue weighted by Crippen LogP contribution is -2.36. The maximum absolute atomic E-state index is 11.0. The second kappa shape index (κ2) is 3.96. The summed E-state index contributed by atoms with van der Waals surface area (Å²) in [5.41, 5.74) is 0. The van der Waals surface area contributed by atoms with Gasteiger partial charge in [0.05, 0.1) is 0 Å². The molecule has 2 rings (SSSR count). The normalized spacial score (nSPS) is 22.5. The summed E-state index contributed by atoms with van der Waals surface area (Å²) < 4.78 is 6.03. The van der Waals surface area contributed by atoms with Gasteiger partial charge in [-0.3, -0.25) is 9.09 Å². The number of nitrogens with one attached hydrogen (secondary N) is 1. The predicted octanol–water partition coefficient (Wildman–Crippen LogP) is 0.0579. The third kappa shape index (κ3) is 1.87. The Balaban J connectivity index is 2.02. The minimum atomic E-state index is -0.379. The zero-order valence-corrected chi connectivity index (χ0v) is 8.32. The molecule has 1 aliphatic heterocycles. The largest absolute Gasteiger partial charge is 0.441 e. The molecular formula is C9H15N3O2. The molecule has 1 aromatic rings. The predicted molar refractivity (Wildman–Crippen MR) is 51.1 cm³/mol. The Hall–Kier alpha value is -1.10. The molecule has 0 amide bonds.